The lowest BCUT2D eigenvalue weighted by Crippen LogP contribution is -2.44. The normalized spacial score (nSPS) is 21.8. The summed E-state index contributed by atoms with van der Waals surface area (Å²) in [6.45, 7) is 12.2. The molecule has 0 aliphatic carbocycles. The van der Waals surface area contributed by atoms with Crippen LogP contribution in [-0.2, 0) is 4.43 Å². The molecule has 2 unspecified atom stereocenters. The predicted molar refractivity (Wildman–Crippen MR) is 108 cm³/mol. The van der Waals surface area contributed by atoms with Gasteiger partial charge in [0.05, 0.1) is 0 Å². The van der Waals surface area contributed by atoms with Crippen LogP contribution in [-0.4, -0.2) is 26.1 Å². The molecule has 0 radical (unpaired) electrons. The van der Waals surface area contributed by atoms with Crippen molar-refractivity contribution in [1.82, 2.24) is 5.32 Å². The van der Waals surface area contributed by atoms with Gasteiger partial charge in [0.1, 0.15) is 5.75 Å². The average Bonchev–Trinajstić information content (AvgIpc) is 3.00. The van der Waals surface area contributed by atoms with Crippen LogP contribution < -0.4 is 5.32 Å². The molecule has 0 spiro atoms. The Bertz CT molecular complexity index is 751. The summed E-state index contributed by atoms with van der Waals surface area (Å²) in [5.74, 6) is 0.391. The van der Waals surface area contributed by atoms with E-state index in [1.807, 2.05) is 24.3 Å². The second-order valence-electron chi connectivity index (χ2n) is 8.78. The van der Waals surface area contributed by atoms with Gasteiger partial charge in [-0.1, -0.05) is 51.1 Å². The largest absolute Gasteiger partial charge is 0.508 e. The van der Waals surface area contributed by atoms with Crippen LogP contribution in [0, 0.1) is 0 Å². The standard InChI is InChI=1S/C21H31NO2Si/c1-21(2,3)25(4,5)24-14-16-11-12-18(22-16)20-17-9-7-6-8-15(17)10-13-19(20)23/h6-10,13,16,18,22-23H,11-12,14H2,1-5H3. The second kappa shape index (κ2) is 6.75. The van der Waals surface area contributed by atoms with Crippen LogP contribution in [0.2, 0.25) is 18.1 Å². The van der Waals surface area contributed by atoms with E-state index in [0.29, 0.717) is 11.8 Å². The molecule has 0 aromatic heterocycles. The highest BCUT2D eigenvalue weighted by molar-refractivity contribution is 6.74. The van der Waals surface area contributed by atoms with Crippen LogP contribution in [0.5, 0.6) is 5.75 Å². The third-order valence-electron chi connectivity index (χ3n) is 5.99. The van der Waals surface area contributed by atoms with Crippen LogP contribution in [0.1, 0.15) is 45.2 Å². The van der Waals surface area contributed by atoms with Crippen LogP contribution in [0.15, 0.2) is 36.4 Å². The van der Waals surface area contributed by atoms with Crippen molar-refractivity contribution in [3.8, 4) is 5.75 Å². The number of hydrogen-bond acceptors (Lipinski definition) is 3. The lowest BCUT2D eigenvalue weighted by Gasteiger charge is -2.37. The van der Waals surface area contributed by atoms with Crippen LogP contribution >= 0.6 is 0 Å². The summed E-state index contributed by atoms with van der Waals surface area (Å²) in [5, 5.41) is 16.7. The van der Waals surface area contributed by atoms with Gasteiger partial charge in [0.25, 0.3) is 0 Å². The van der Waals surface area contributed by atoms with Crippen molar-refractivity contribution in [2.75, 3.05) is 6.61 Å². The van der Waals surface area contributed by atoms with E-state index in [4.69, 9.17) is 4.43 Å². The minimum atomic E-state index is -1.72. The van der Waals surface area contributed by atoms with Crippen molar-refractivity contribution in [2.24, 2.45) is 0 Å². The molecule has 0 saturated carbocycles. The number of hydrogen-bond donors (Lipinski definition) is 2. The zero-order chi connectivity index (χ0) is 18.2. The average molecular weight is 358 g/mol. The van der Waals surface area contributed by atoms with Crippen molar-refractivity contribution >= 4 is 19.1 Å². The lowest BCUT2D eigenvalue weighted by molar-refractivity contribution is 0.250. The maximum absolute atomic E-state index is 10.5. The highest BCUT2D eigenvalue weighted by atomic mass is 28.4. The van der Waals surface area contributed by atoms with Crippen molar-refractivity contribution < 1.29 is 9.53 Å². The van der Waals surface area contributed by atoms with Gasteiger partial charge in [-0.15, -0.1) is 0 Å². The quantitative estimate of drug-likeness (QED) is 0.724. The van der Waals surface area contributed by atoms with Crippen molar-refractivity contribution in [1.29, 1.82) is 0 Å². The van der Waals surface area contributed by atoms with Gasteiger partial charge in [-0.2, -0.15) is 0 Å². The Labute approximate surface area is 152 Å². The Balaban J connectivity index is 1.73. The maximum Gasteiger partial charge on any atom is 0.192 e. The van der Waals surface area contributed by atoms with Gasteiger partial charge in [-0.3, -0.25) is 0 Å². The fraction of sp³-hybridized carbons (Fsp3) is 0.524. The van der Waals surface area contributed by atoms with Gasteiger partial charge >= 0.3 is 0 Å². The highest BCUT2D eigenvalue weighted by Gasteiger charge is 2.38. The predicted octanol–water partition coefficient (Wildman–Crippen LogP) is 5.36. The Morgan fingerprint density at radius 2 is 1.84 bits per heavy atom. The minimum Gasteiger partial charge on any atom is -0.508 e. The molecule has 3 nitrogen and oxygen atoms in total. The van der Waals surface area contributed by atoms with Gasteiger partial charge in [-0.25, -0.2) is 0 Å². The number of phenolic OH excluding ortho intramolecular Hbond substituents is 1. The summed E-state index contributed by atoms with van der Waals surface area (Å²) in [6, 6.07) is 12.6. The maximum atomic E-state index is 10.5. The molecule has 136 valence electrons. The first-order valence-electron chi connectivity index (χ1n) is 9.30. The van der Waals surface area contributed by atoms with Crippen molar-refractivity contribution in [3.63, 3.8) is 0 Å². The van der Waals surface area contributed by atoms with Gasteiger partial charge < -0.3 is 14.8 Å². The SMILES string of the molecule is CC(C)(C)[Si](C)(C)OCC1CCC(c2c(O)ccc3ccccc23)N1. The summed E-state index contributed by atoms with van der Waals surface area (Å²) in [6.07, 6.45) is 2.12. The van der Waals surface area contributed by atoms with E-state index in [-0.39, 0.29) is 11.1 Å². The summed E-state index contributed by atoms with van der Waals surface area (Å²) in [7, 11) is -1.72. The van der Waals surface area contributed by atoms with E-state index < -0.39 is 8.32 Å². The summed E-state index contributed by atoms with van der Waals surface area (Å²) in [4.78, 5) is 0. The zero-order valence-corrected chi connectivity index (χ0v) is 17.1. The van der Waals surface area contributed by atoms with E-state index in [0.717, 1.165) is 30.4 Å². The molecule has 2 aromatic carbocycles. The first kappa shape index (κ1) is 18.4. The molecule has 3 rings (SSSR count). The second-order valence-corrected chi connectivity index (χ2v) is 13.6. The van der Waals surface area contributed by atoms with E-state index in [9.17, 15) is 5.11 Å². The number of aromatic hydroxyl groups is 1. The van der Waals surface area contributed by atoms with Crippen molar-refractivity contribution in [3.05, 3.63) is 42.0 Å². The Hall–Kier alpha value is -1.36. The number of rotatable bonds is 4. The molecule has 0 bridgehead atoms. The van der Waals surface area contributed by atoms with E-state index in [1.54, 1.807) is 0 Å². The monoisotopic (exact) mass is 357 g/mol. The first-order chi connectivity index (χ1) is 11.7. The Morgan fingerprint density at radius 3 is 2.56 bits per heavy atom. The van der Waals surface area contributed by atoms with E-state index in [1.165, 1.54) is 5.39 Å². The molecule has 1 saturated heterocycles. The zero-order valence-electron chi connectivity index (χ0n) is 16.1. The third kappa shape index (κ3) is 3.76. The van der Waals surface area contributed by atoms with Gasteiger partial charge in [0.2, 0.25) is 0 Å². The smallest absolute Gasteiger partial charge is 0.192 e. The van der Waals surface area contributed by atoms with E-state index >= 15 is 0 Å². The minimum absolute atomic E-state index is 0.194. The molecule has 1 aliphatic rings. The molecular formula is C21H31NO2Si. The lowest BCUT2D eigenvalue weighted by atomic mass is 9.97. The molecule has 1 heterocycles. The van der Waals surface area contributed by atoms with E-state index in [2.05, 4.69) is 51.3 Å². The number of nitrogens with one attached hydrogen (secondary N) is 1. The van der Waals surface area contributed by atoms with Crippen LogP contribution in [0.3, 0.4) is 0 Å². The number of phenols is 1. The first-order valence-corrected chi connectivity index (χ1v) is 12.2. The highest BCUT2D eigenvalue weighted by Crippen LogP contribution is 2.39. The van der Waals surface area contributed by atoms with Gasteiger partial charge in [0.15, 0.2) is 8.32 Å². The molecule has 1 aliphatic heterocycles. The Morgan fingerprint density at radius 1 is 1.12 bits per heavy atom. The molecule has 4 heteroatoms. The Kier molecular flexibility index (Phi) is 4.97. The number of benzene rings is 2. The molecule has 2 atom stereocenters. The fourth-order valence-corrected chi connectivity index (χ4v) is 4.40. The van der Waals surface area contributed by atoms with Crippen molar-refractivity contribution in [2.45, 2.75) is 63.8 Å². The molecule has 25 heavy (non-hydrogen) atoms. The molecule has 2 aromatic rings. The molecule has 1 fully saturated rings. The fourth-order valence-electron chi connectivity index (χ4n) is 3.35. The number of fused-ring (bicyclic) bond motifs is 1. The summed E-state index contributed by atoms with van der Waals surface area (Å²) < 4.78 is 6.39. The van der Waals surface area contributed by atoms with Crippen LogP contribution in [0.4, 0.5) is 0 Å². The molecule has 2 N–H and O–H groups in total. The topological polar surface area (TPSA) is 41.5 Å². The molecule has 0 amide bonds. The third-order valence-corrected chi connectivity index (χ3v) is 10.5. The molecular weight excluding hydrogens is 326 g/mol. The summed E-state index contributed by atoms with van der Waals surface area (Å²) >= 11 is 0. The summed E-state index contributed by atoms with van der Waals surface area (Å²) in [5.41, 5.74) is 1.04. The van der Waals surface area contributed by atoms with Crippen LogP contribution in [0.25, 0.3) is 10.8 Å². The van der Waals surface area contributed by atoms with Gasteiger partial charge in [-0.05, 0) is 47.8 Å². The van der Waals surface area contributed by atoms with Gasteiger partial charge in [0, 0.05) is 24.3 Å².